The van der Waals surface area contributed by atoms with E-state index >= 15 is 0 Å². The van der Waals surface area contributed by atoms with Crippen LogP contribution in [0.3, 0.4) is 0 Å². The number of alkyl halides is 1. The Labute approximate surface area is 127 Å². The van der Waals surface area contributed by atoms with Crippen LogP contribution in [0.1, 0.15) is 35.6 Å². The minimum Gasteiger partial charge on any atom is -0.317 e. The highest BCUT2D eigenvalue weighted by molar-refractivity contribution is 7.11. The molecule has 104 valence electrons. The first-order valence-electron chi connectivity index (χ1n) is 6.71. The summed E-state index contributed by atoms with van der Waals surface area (Å²) in [5, 5.41) is 1.11. The lowest BCUT2D eigenvalue weighted by atomic mass is 10.3. The van der Waals surface area contributed by atoms with Crippen molar-refractivity contribution in [2.24, 2.45) is 0 Å². The molecule has 0 aliphatic heterocycles. The molecule has 0 aliphatic rings. The Morgan fingerprint density at radius 1 is 1.35 bits per heavy atom. The number of aromatic nitrogens is 3. The molecule has 0 aliphatic carbocycles. The quantitative estimate of drug-likeness (QED) is 0.669. The van der Waals surface area contributed by atoms with Gasteiger partial charge in [-0.2, -0.15) is 0 Å². The average molecular weight is 306 g/mol. The molecule has 0 bridgehead atoms. The van der Waals surface area contributed by atoms with E-state index in [2.05, 4.69) is 34.4 Å². The summed E-state index contributed by atoms with van der Waals surface area (Å²) in [7, 11) is 0. The largest absolute Gasteiger partial charge is 0.317 e. The smallest absolute Gasteiger partial charge is 0.125 e. The van der Waals surface area contributed by atoms with Crippen molar-refractivity contribution in [3.8, 4) is 0 Å². The van der Waals surface area contributed by atoms with Gasteiger partial charge < -0.3 is 4.57 Å². The summed E-state index contributed by atoms with van der Waals surface area (Å²) < 4.78 is 2.20. The zero-order valence-corrected chi connectivity index (χ0v) is 13.1. The molecule has 3 rings (SSSR count). The van der Waals surface area contributed by atoms with Crippen LogP contribution in [0.2, 0.25) is 0 Å². The average Bonchev–Trinajstić information content (AvgIpc) is 3.10. The van der Waals surface area contributed by atoms with Crippen LogP contribution in [0, 0.1) is 0 Å². The minimum atomic E-state index is 0.154. The van der Waals surface area contributed by atoms with Crippen LogP contribution in [-0.2, 0) is 12.3 Å². The van der Waals surface area contributed by atoms with Crippen LogP contribution in [0.25, 0.3) is 11.0 Å². The number of imidazole rings is 1. The molecule has 1 unspecified atom stereocenters. The number of aryl methyl sites for hydroxylation is 1. The lowest BCUT2D eigenvalue weighted by Gasteiger charge is -2.14. The van der Waals surface area contributed by atoms with E-state index in [-0.39, 0.29) is 6.04 Å². The van der Waals surface area contributed by atoms with Gasteiger partial charge in [-0.1, -0.05) is 19.1 Å². The molecule has 0 saturated carbocycles. The van der Waals surface area contributed by atoms with Crippen LogP contribution in [-0.4, -0.2) is 14.5 Å². The molecule has 0 saturated heterocycles. The van der Waals surface area contributed by atoms with Crippen molar-refractivity contribution < 1.29 is 0 Å². The van der Waals surface area contributed by atoms with Crippen molar-refractivity contribution >= 4 is 34.0 Å². The minimum absolute atomic E-state index is 0.154. The summed E-state index contributed by atoms with van der Waals surface area (Å²) in [5.41, 5.74) is 2.10. The van der Waals surface area contributed by atoms with E-state index in [4.69, 9.17) is 11.6 Å². The molecular formula is C15H16ClN3S. The highest BCUT2D eigenvalue weighted by Gasteiger charge is 2.18. The summed E-state index contributed by atoms with van der Waals surface area (Å²) in [6.45, 7) is 4.31. The molecule has 0 spiro atoms. The van der Waals surface area contributed by atoms with Gasteiger partial charge in [-0.3, -0.25) is 0 Å². The molecule has 0 fully saturated rings. The Morgan fingerprint density at radius 3 is 2.85 bits per heavy atom. The number of nitrogens with zero attached hydrogens (tertiary/aromatic N) is 3. The predicted molar refractivity (Wildman–Crippen MR) is 84.6 cm³/mol. The van der Waals surface area contributed by atoms with Gasteiger partial charge in [0, 0.05) is 11.1 Å². The fraction of sp³-hybridized carbons (Fsp3) is 0.333. The highest BCUT2D eigenvalue weighted by atomic mass is 35.5. The molecule has 0 radical (unpaired) electrons. The zero-order valence-electron chi connectivity index (χ0n) is 11.5. The molecule has 1 aromatic carbocycles. The van der Waals surface area contributed by atoms with Crippen LogP contribution in [0.5, 0.6) is 0 Å². The van der Waals surface area contributed by atoms with Crippen molar-refractivity contribution in [2.75, 3.05) is 0 Å². The van der Waals surface area contributed by atoms with Crippen molar-refractivity contribution in [3.63, 3.8) is 0 Å². The maximum Gasteiger partial charge on any atom is 0.125 e. The second-order valence-electron chi connectivity index (χ2n) is 4.71. The fourth-order valence-electron chi connectivity index (χ4n) is 2.41. The molecule has 3 aromatic rings. The van der Waals surface area contributed by atoms with E-state index in [0.29, 0.717) is 5.88 Å². The van der Waals surface area contributed by atoms with Gasteiger partial charge in [-0.05, 0) is 25.5 Å². The number of halogens is 1. The van der Waals surface area contributed by atoms with Crippen molar-refractivity contribution in [1.29, 1.82) is 0 Å². The molecule has 0 N–H and O–H groups in total. The molecule has 2 heterocycles. The van der Waals surface area contributed by atoms with Gasteiger partial charge in [0.1, 0.15) is 10.8 Å². The van der Waals surface area contributed by atoms with Crippen LogP contribution < -0.4 is 0 Å². The Balaban J connectivity index is 2.12. The number of hydrogen-bond acceptors (Lipinski definition) is 3. The molecule has 20 heavy (non-hydrogen) atoms. The summed E-state index contributed by atoms with van der Waals surface area (Å²) in [4.78, 5) is 10.5. The first kappa shape index (κ1) is 13.6. The van der Waals surface area contributed by atoms with E-state index in [1.165, 1.54) is 4.88 Å². The molecular weight excluding hydrogens is 290 g/mol. The van der Waals surface area contributed by atoms with Gasteiger partial charge in [0.05, 0.1) is 23.0 Å². The Hall–Kier alpha value is -1.39. The van der Waals surface area contributed by atoms with E-state index in [9.17, 15) is 0 Å². The standard InChI is InChI=1S/C15H16ClN3S/c1-3-11-9-17-15(20-11)10(2)19-13-7-5-4-6-12(13)18-14(19)8-16/h4-7,9-10H,3,8H2,1-2H3. The lowest BCUT2D eigenvalue weighted by molar-refractivity contribution is 0.630. The van der Waals surface area contributed by atoms with Gasteiger partial charge >= 0.3 is 0 Å². The van der Waals surface area contributed by atoms with E-state index in [1.54, 1.807) is 11.3 Å². The van der Waals surface area contributed by atoms with Gasteiger partial charge in [0.25, 0.3) is 0 Å². The summed E-state index contributed by atoms with van der Waals surface area (Å²) in [6.07, 6.45) is 2.99. The Kier molecular flexibility index (Phi) is 3.76. The van der Waals surface area contributed by atoms with E-state index in [0.717, 1.165) is 28.3 Å². The lowest BCUT2D eigenvalue weighted by Crippen LogP contribution is -2.09. The van der Waals surface area contributed by atoms with Gasteiger partial charge in [0.15, 0.2) is 0 Å². The monoisotopic (exact) mass is 305 g/mol. The molecule has 0 amide bonds. The second kappa shape index (κ2) is 5.54. The predicted octanol–water partition coefficient (Wildman–Crippen LogP) is 4.40. The zero-order chi connectivity index (χ0) is 14.1. The van der Waals surface area contributed by atoms with Crippen LogP contribution in [0.15, 0.2) is 30.5 Å². The van der Waals surface area contributed by atoms with Crippen LogP contribution >= 0.6 is 22.9 Å². The first-order chi connectivity index (χ1) is 9.74. The molecule has 1 atom stereocenters. The van der Waals surface area contributed by atoms with Gasteiger partial charge in [-0.25, -0.2) is 9.97 Å². The van der Waals surface area contributed by atoms with Crippen molar-refractivity contribution in [3.05, 3.63) is 46.2 Å². The van der Waals surface area contributed by atoms with E-state index in [1.807, 2.05) is 24.4 Å². The Bertz CT molecular complexity index is 732. The van der Waals surface area contributed by atoms with E-state index < -0.39 is 0 Å². The summed E-state index contributed by atoms with van der Waals surface area (Å²) >= 11 is 7.83. The maximum absolute atomic E-state index is 6.07. The van der Waals surface area contributed by atoms with Gasteiger partial charge in [0.2, 0.25) is 0 Å². The number of rotatable bonds is 4. The number of thiazole rings is 1. The number of para-hydroxylation sites is 2. The summed E-state index contributed by atoms with van der Waals surface area (Å²) in [5.74, 6) is 1.30. The first-order valence-corrected chi connectivity index (χ1v) is 8.06. The van der Waals surface area contributed by atoms with Crippen molar-refractivity contribution in [2.45, 2.75) is 32.2 Å². The number of hydrogen-bond donors (Lipinski definition) is 0. The van der Waals surface area contributed by atoms with Gasteiger partial charge in [-0.15, -0.1) is 22.9 Å². The third kappa shape index (κ3) is 2.23. The van der Waals surface area contributed by atoms with Crippen molar-refractivity contribution in [1.82, 2.24) is 14.5 Å². The second-order valence-corrected chi connectivity index (χ2v) is 6.13. The summed E-state index contributed by atoms with van der Waals surface area (Å²) in [6, 6.07) is 8.30. The van der Waals surface area contributed by atoms with Crippen LogP contribution in [0.4, 0.5) is 0 Å². The molecule has 5 heteroatoms. The maximum atomic E-state index is 6.07. The SMILES string of the molecule is CCc1cnc(C(C)n2c(CCl)nc3ccccc32)s1. The normalized spacial score (nSPS) is 12.9. The number of benzene rings is 1. The Morgan fingerprint density at radius 2 is 2.15 bits per heavy atom. The highest BCUT2D eigenvalue weighted by Crippen LogP contribution is 2.29. The third-order valence-electron chi connectivity index (χ3n) is 3.45. The molecule has 2 aromatic heterocycles. The fourth-order valence-corrected chi connectivity index (χ4v) is 3.50. The topological polar surface area (TPSA) is 30.7 Å². The molecule has 3 nitrogen and oxygen atoms in total. The third-order valence-corrected chi connectivity index (χ3v) is 5.00. The number of fused-ring (bicyclic) bond motifs is 1.